The minimum atomic E-state index is 0.674. The summed E-state index contributed by atoms with van der Waals surface area (Å²) in [5.41, 5.74) is 1.24. The number of benzene rings is 1. The molecular formula is C17H25NO. The Morgan fingerprint density at radius 3 is 2.42 bits per heavy atom. The lowest BCUT2D eigenvalue weighted by Gasteiger charge is -2.39. The quantitative estimate of drug-likeness (QED) is 0.865. The molecule has 2 heteroatoms. The fraction of sp³-hybridized carbons (Fsp3) is 0.647. The van der Waals surface area contributed by atoms with E-state index in [0.29, 0.717) is 6.04 Å². The number of fused-ring (bicyclic) bond motifs is 1. The van der Waals surface area contributed by atoms with Gasteiger partial charge in [0.1, 0.15) is 5.75 Å². The lowest BCUT2D eigenvalue weighted by molar-refractivity contribution is 0.162. The summed E-state index contributed by atoms with van der Waals surface area (Å²) < 4.78 is 5.20. The summed E-state index contributed by atoms with van der Waals surface area (Å²) in [6.45, 7) is 0. The minimum Gasteiger partial charge on any atom is -0.497 e. The van der Waals surface area contributed by atoms with E-state index in [1.165, 1.54) is 50.6 Å². The summed E-state index contributed by atoms with van der Waals surface area (Å²) in [4.78, 5) is 0. The predicted molar refractivity (Wildman–Crippen MR) is 79.7 cm³/mol. The molecule has 2 nitrogen and oxygen atoms in total. The van der Waals surface area contributed by atoms with Gasteiger partial charge in [-0.1, -0.05) is 25.7 Å². The van der Waals surface area contributed by atoms with Gasteiger partial charge in [-0.2, -0.15) is 0 Å². The predicted octanol–water partition coefficient (Wildman–Crippen LogP) is 4.47. The highest BCUT2D eigenvalue weighted by Crippen LogP contribution is 2.41. The van der Waals surface area contributed by atoms with Crippen LogP contribution in [0.1, 0.15) is 44.9 Å². The van der Waals surface area contributed by atoms with E-state index in [4.69, 9.17) is 4.74 Å². The van der Waals surface area contributed by atoms with Gasteiger partial charge in [0.15, 0.2) is 0 Å². The average Bonchev–Trinajstić information content (AvgIpc) is 2.48. The molecule has 19 heavy (non-hydrogen) atoms. The molecule has 3 rings (SSSR count). The van der Waals surface area contributed by atoms with Crippen molar-refractivity contribution in [3.63, 3.8) is 0 Å². The highest BCUT2D eigenvalue weighted by Gasteiger charge is 2.31. The lowest BCUT2D eigenvalue weighted by Crippen LogP contribution is -2.34. The number of methoxy groups -OCH3 is 1. The highest BCUT2D eigenvalue weighted by molar-refractivity contribution is 5.47. The second-order valence-electron chi connectivity index (χ2n) is 6.19. The molecule has 0 heterocycles. The zero-order chi connectivity index (χ0) is 13.1. The molecule has 0 spiro atoms. The lowest BCUT2D eigenvalue weighted by atomic mass is 9.69. The largest absolute Gasteiger partial charge is 0.497 e. The molecule has 1 aromatic rings. The van der Waals surface area contributed by atoms with Crippen LogP contribution in [-0.2, 0) is 0 Å². The third-order valence-corrected chi connectivity index (χ3v) is 5.00. The summed E-state index contributed by atoms with van der Waals surface area (Å²) in [6.07, 6.45) is 10.0. The van der Waals surface area contributed by atoms with Gasteiger partial charge in [-0.3, -0.25) is 0 Å². The molecule has 104 valence electrons. The van der Waals surface area contributed by atoms with Gasteiger partial charge in [0.25, 0.3) is 0 Å². The Hall–Kier alpha value is -1.18. The SMILES string of the molecule is COc1ccc(NC2CCC3CCCCC3C2)cc1. The van der Waals surface area contributed by atoms with Gasteiger partial charge in [-0.05, 0) is 55.4 Å². The van der Waals surface area contributed by atoms with Gasteiger partial charge < -0.3 is 10.1 Å². The van der Waals surface area contributed by atoms with Gasteiger partial charge in [-0.15, -0.1) is 0 Å². The summed E-state index contributed by atoms with van der Waals surface area (Å²) >= 11 is 0. The monoisotopic (exact) mass is 259 g/mol. The normalized spacial score (nSPS) is 30.5. The second kappa shape index (κ2) is 5.85. The van der Waals surface area contributed by atoms with E-state index in [0.717, 1.165) is 17.6 Å². The smallest absolute Gasteiger partial charge is 0.119 e. The van der Waals surface area contributed by atoms with Crippen molar-refractivity contribution >= 4 is 5.69 Å². The van der Waals surface area contributed by atoms with Crippen molar-refractivity contribution in [2.75, 3.05) is 12.4 Å². The van der Waals surface area contributed by atoms with E-state index in [-0.39, 0.29) is 0 Å². The Kier molecular flexibility index (Phi) is 3.95. The van der Waals surface area contributed by atoms with Gasteiger partial charge in [0.2, 0.25) is 0 Å². The fourth-order valence-corrected chi connectivity index (χ4v) is 3.93. The van der Waals surface area contributed by atoms with E-state index in [9.17, 15) is 0 Å². The van der Waals surface area contributed by atoms with Crippen LogP contribution >= 0.6 is 0 Å². The number of nitrogens with one attached hydrogen (secondary N) is 1. The fourth-order valence-electron chi connectivity index (χ4n) is 3.93. The van der Waals surface area contributed by atoms with Gasteiger partial charge in [-0.25, -0.2) is 0 Å². The molecule has 2 fully saturated rings. The summed E-state index contributed by atoms with van der Waals surface area (Å²) in [5, 5.41) is 3.71. The van der Waals surface area contributed by atoms with E-state index in [1.54, 1.807) is 7.11 Å². The first-order chi connectivity index (χ1) is 9.35. The van der Waals surface area contributed by atoms with Crippen LogP contribution in [0.3, 0.4) is 0 Å². The molecule has 0 amide bonds. The zero-order valence-electron chi connectivity index (χ0n) is 11.9. The third-order valence-electron chi connectivity index (χ3n) is 5.00. The third kappa shape index (κ3) is 3.05. The van der Waals surface area contributed by atoms with Crippen LogP contribution in [0.2, 0.25) is 0 Å². The van der Waals surface area contributed by atoms with Crippen molar-refractivity contribution in [1.29, 1.82) is 0 Å². The van der Waals surface area contributed by atoms with Crippen LogP contribution in [0.4, 0.5) is 5.69 Å². The molecule has 0 radical (unpaired) electrons. The standard InChI is InChI=1S/C17H25NO/c1-19-17-10-8-15(9-11-17)18-16-7-6-13-4-2-3-5-14(13)12-16/h8-11,13-14,16,18H,2-7,12H2,1H3. The number of ether oxygens (including phenoxy) is 1. The minimum absolute atomic E-state index is 0.674. The first-order valence-electron chi connectivity index (χ1n) is 7.76. The number of rotatable bonds is 3. The molecule has 0 aliphatic heterocycles. The van der Waals surface area contributed by atoms with Gasteiger partial charge in [0, 0.05) is 11.7 Å². The number of hydrogen-bond acceptors (Lipinski definition) is 2. The average molecular weight is 259 g/mol. The first kappa shape index (κ1) is 12.8. The van der Waals surface area contributed by atoms with Crippen molar-refractivity contribution in [2.24, 2.45) is 11.8 Å². The molecule has 1 aromatic carbocycles. The Morgan fingerprint density at radius 2 is 1.68 bits per heavy atom. The molecule has 3 atom stereocenters. The van der Waals surface area contributed by atoms with Crippen LogP contribution in [-0.4, -0.2) is 13.2 Å². The van der Waals surface area contributed by atoms with Crippen LogP contribution < -0.4 is 10.1 Å². The molecule has 0 aromatic heterocycles. The van der Waals surface area contributed by atoms with Crippen LogP contribution in [0, 0.1) is 11.8 Å². The molecule has 3 unspecified atom stereocenters. The van der Waals surface area contributed by atoms with E-state index < -0.39 is 0 Å². The van der Waals surface area contributed by atoms with Crippen molar-refractivity contribution in [1.82, 2.24) is 0 Å². The summed E-state index contributed by atoms with van der Waals surface area (Å²) in [5.74, 6) is 2.95. The Bertz CT molecular complexity index is 400. The summed E-state index contributed by atoms with van der Waals surface area (Å²) in [6, 6.07) is 9.01. The summed E-state index contributed by atoms with van der Waals surface area (Å²) in [7, 11) is 1.72. The van der Waals surface area contributed by atoms with Crippen LogP contribution in [0.15, 0.2) is 24.3 Å². The Labute approximate surface area is 116 Å². The zero-order valence-corrected chi connectivity index (χ0v) is 11.9. The molecule has 0 bridgehead atoms. The molecule has 2 saturated carbocycles. The maximum Gasteiger partial charge on any atom is 0.119 e. The molecule has 0 saturated heterocycles. The first-order valence-corrected chi connectivity index (χ1v) is 7.76. The van der Waals surface area contributed by atoms with Crippen LogP contribution in [0.25, 0.3) is 0 Å². The Balaban J connectivity index is 1.57. The van der Waals surface area contributed by atoms with Crippen molar-refractivity contribution in [3.8, 4) is 5.75 Å². The second-order valence-corrected chi connectivity index (χ2v) is 6.19. The topological polar surface area (TPSA) is 21.3 Å². The highest BCUT2D eigenvalue weighted by atomic mass is 16.5. The number of hydrogen-bond donors (Lipinski definition) is 1. The maximum absolute atomic E-state index is 5.20. The van der Waals surface area contributed by atoms with Gasteiger partial charge in [0.05, 0.1) is 7.11 Å². The van der Waals surface area contributed by atoms with E-state index in [1.807, 2.05) is 12.1 Å². The van der Waals surface area contributed by atoms with Crippen molar-refractivity contribution < 1.29 is 4.74 Å². The molecule has 2 aliphatic carbocycles. The number of anilines is 1. The molecular weight excluding hydrogens is 234 g/mol. The Morgan fingerprint density at radius 1 is 0.947 bits per heavy atom. The van der Waals surface area contributed by atoms with Crippen molar-refractivity contribution in [2.45, 2.75) is 51.0 Å². The van der Waals surface area contributed by atoms with Crippen molar-refractivity contribution in [3.05, 3.63) is 24.3 Å². The molecule has 1 N–H and O–H groups in total. The van der Waals surface area contributed by atoms with Crippen LogP contribution in [0.5, 0.6) is 5.75 Å². The van der Waals surface area contributed by atoms with E-state index >= 15 is 0 Å². The maximum atomic E-state index is 5.20. The van der Waals surface area contributed by atoms with E-state index in [2.05, 4.69) is 17.4 Å². The van der Waals surface area contributed by atoms with Gasteiger partial charge >= 0.3 is 0 Å². The molecule has 2 aliphatic rings.